The average Bonchev–Trinajstić information content (AvgIpc) is 2.99. The minimum Gasteiger partial charge on any atom is -0.424 e. The number of anilines is 2. The lowest BCUT2D eigenvalue weighted by Gasteiger charge is -2.11. The highest BCUT2D eigenvalue weighted by Crippen LogP contribution is 2.32. The summed E-state index contributed by atoms with van der Waals surface area (Å²) in [7, 11) is 0. The highest BCUT2D eigenvalue weighted by atomic mass is 19.4. The van der Waals surface area contributed by atoms with Gasteiger partial charge >= 0.3 is 12.2 Å². The number of ether oxygens (including phenoxy) is 1. The van der Waals surface area contributed by atoms with Crippen molar-refractivity contribution in [3.8, 4) is 11.8 Å². The van der Waals surface area contributed by atoms with E-state index in [-0.39, 0.29) is 23.1 Å². The number of hydrogen-bond acceptors (Lipinski definition) is 7. The van der Waals surface area contributed by atoms with Crippen molar-refractivity contribution in [2.24, 2.45) is 0 Å². The monoisotopic (exact) mass is 380 g/mol. The van der Waals surface area contributed by atoms with Crippen LogP contribution in [0.15, 0.2) is 36.4 Å². The van der Waals surface area contributed by atoms with Gasteiger partial charge in [-0.1, -0.05) is 0 Å². The first kappa shape index (κ1) is 18.1. The fraction of sp³-hybridized carbons (Fsp3) is 0.133. The van der Waals surface area contributed by atoms with E-state index in [0.717, 1.165) is 12.1 Å². The molecule has 2 heterocycles. The molecule has 12 heteroatoms. The number of nitro groups is 1. The van der Waals surface area contributed by atoms with E-state index in [1.165, 1.54) is 12.1 Å². The summed E-state index contributed by atoms with van der Waals surface area (Å²) in [5.74, 6) is 0.128. The maximum atomic E-state index is 13.1. The normalized spacial score (nSPS) is 11.3. The number of nitro benzene ring substituents is 1. The van der Waals surface area contributed by atoms with Gasteiger partial charge in [-0.2, -0.15) is 28.2 Å². The highest BCUT2D eigenvalue weighted by Gasteiger charge is 2.34. The first-order valence-electron chi connectivity index (χ1n) is 7.38. The molecule has 3 aromatic rings. The molecule has 2 N–H and O–H groups in total. The summed E-state index contributed by atoms with van der Waals surface area (Å²) in [5.41, 5.74) is -0.710. The standard InChI is InChI=1S/C15H11F3N6O3/c1-8-6-13(23-22-8)20-12-7-11(15(16,17)18)19-14(21-12)27-10-4-2-9(3-5-10)24(25)26/h2-7H,1H3,(H2,19,20,21,22,23). The molecule has 0 spiro atoms. The van der Waals surface area contributed by atoms with E-state index < -0.39 is 22.8 Å². The van der Waals surface area contributed by atoms with E-state index in [9.17, 15) is 23.3 Å². The number of aromatic nitrogens is 4. The Morgan fingerprint density at radius 2 is 1.85 bits per heavy atom. The van der Waals surface area contributed by atoms with Crippen molar-refractivity contribution in [2.45, 2.75) is 13.1 Å². The van der Waals surface area contributed by atoms with Crippen molar-refractivity contribution >= 4 is 17.3 Å². The predicted molar refractivity (Wildman–Crippen MR) is 86.8 cm³/mol. The molecule has 0 aliphatic heterocycles. The molecule has 140 valence electrons. The molecule has 9 nitrogen and oxygen atoms in total. The zero-order valence-corrected chi connectivity index (χ0v) is 13.6. The van der Waals surface area contributed by atoms with Gasteiger partial charge in [-0.25, -0.2) is 0 Å². The maximum absolute atomic E-state index is 13.1. The zero-order valence-electron chi connectivity index (χ0n) is 13.6. The molecule has 0 fully saturated rings. The number of halogens is 3. The lowest BCUT2D eigenvalue weighted by Crippen LogP contribution is -2.11. The fourth-order valence-electron chi connectivity index (χ4n) is 2.03. The van der Waals surface area contributed by atoms with Crippen LogP contribution in [0, 0.1) is 17.0 Å². The summed E-state index contributed by atoms with van der Waals surface area (Å²) in [6.07, 6.45) is -4.73. The summed E-state index contributed by atoms with van der Waals surface area (Å²) in [6, 6.07) is 6.47. The number of H-pyrrole nitrogens is 1. The predicted octanol–water partition coefficient (Wildman–Crippen LogP) is 3.97. The van der Waals surface area contributed by atoms with Gasteiger partial charge in [0.15, 0.2) is 11.5 Å². The lowest BCUT2D eigenvalue weighted by atomic mass is 10.3. The molecule has 3 rings (SSSR count). The number of nitrogens with zero attached hydrogens (tertiary/aromatic N) is 4. The molecular weight excluding hydrogens is 369 g/mol. The molecule has 0 aliphatic rings. The molecule has 0 amide bonds. The lowest BCUT2D eigenvalue weighted by molar-refractivity contribution is -0.384. The van der Waals surface area contributed by atoms with E-state index in [1.807, 2.05) is 0 Å². The van der Waals surface area contributed by atoms with Crippen molar-refractivity contribution in [1.82, 2.24) is 20.2 Å². The topological polar surface area (TPSA) is 119 Å². The Labute approximate surface area is 149 Å². The third-order valence-corrected chi connectivity index (χ3v) is 3.21. The number of nitrogens with one attached hydrogen (secondary N) is 2. The molecular formula is C15H11F3N6O3. The van der Waals surface area contributed by atoms with Gasteiger partial charge in [0.05, 0.1) is 4.92 Å². The van der Waals surface area contributed by atoms with E-state index in [1.54, 1.807) is 13.0 Å². The van der Waals surface area contributed by atoms with Crippen molar-refractivity contribution in [2.75, 3.05) is 5.32 Å². The van der Waals surface area contributed by atoms with Gasteiger partial charge in [-0.3, -0.25) is 15.2 Å². The summed E-state index contributed by atoms with van der Waals surface area (Å²) < 4.78 is 44.5. The Morgan fingerprint density at radius 3 is 2.41 bits per heavy atom. The molecule has 0 radical (unpaired) electrons. The fourth-order valence-corrected chi connectivity index (χ4v) is 2.03. The van der Waals surface area contributed by atoms with Crippen LogP contribution in [0.3, 0.4) is 0 Å². The molecule has 0 saturated carbocycles. The number of aryl methyl sites for hydroxylation is 1. The van der Waals surface area contributed by atoms with Crippen LogP contribution >= 0.6 is 0 Å². The highest BCUT2D eigenvalue weighted by molar-refractivity contribution is 5.53. The minimum atomic E-state index is -4.73. The van der Waals surface area contributed by atoms with Crippen LogP contribution in [-0.2, 0) is 6.18 Å². The van der Waals surface area contributed by atoms with Crippen molar-refractivity contribution < 1.29 is 22.8 Å². The van der Waals surface area contributed by atoms with E-state index >= 15 is 0 Å². The number of non-ortho nitro benzene ring substituents is 1. The van der Waals surface area contributed by atoms with Gasteiger partial charge in [-0.15, -0.1) is 0 Å². The summed E-state index contributed by atoms with van der Waals surface area (Å²) in [4.78, 5) is 17.2. The van der Waals surface area contributed by atoms with Crippen LogP contribution in [0.2, 0.25) is 0 Å². The number of aromatic amines is 1. The summed E-state index contributed by atoms with van der Waals surface area (Å²) in [6.45, 7) is 1.72. The molecule has 0 unspecified atom stereocenters. The molecule has 0 atom stereocenters. The second kappa shape index (κ2) is 6.90. The number of rotatable bonds is 5. The molecule has 27 heavy (non-hydrogen) atoms. The first-order valence-corrected chi connectivity index (χ1v) is 7.38. The van der Waals surface area contributed by atoms with Crippen molar-refractivity contribution in [1.29, 1.82) is 0 Å². The zero-order chi connectivity index (χ0) is 19.6. The summed E-state index contributed by atoms with van der Waals surface area (Å²) >= 11 is 0. The van der Waals surface area contributed by atoms with Crippen LogP contribution in [0.4, 0.5) is 30.5 Å². The van der Waals surface area contributed by atoms with Crippen LogP contribution in [0.1, 0.15) is 11.4 Å². The van der Waals surface area contributed by atoms with E-state index in [4.69, 9.17) is 4.74 Å². The van der Waals surface area contributed by atoms with Crippen LogP contribution in [0.25, 0.3) is 0 Å². The number of benzene rings is 1. The van der Waals surface area contributed by atoms with Gasteiger partial charge in [-0.05, 0) is 19.1 Å². The average molecular weight is 380 g/mol. The molecule has 0 aliphatic carbocycles. The Morgan fingerprint density at radius 1 is 1.15 bits per heavy atom. The van der Waals surface area contributed by atoms with E-state index in [2.05, 4.69) is 25.5 Å². The SMILES string of the molecule is Cc1cc(Nc2cc(C(F)(F)F)nc(Oc3ccc([N+](=O)[O-])cc3)n2)n[nH]1. The Balaban J connectivity index is 1.91. The molecule has 2 aromatic heterocycles. The van der Waals surface area contributed by atoms with Crippen LogP contribution in [-0.4, -0.2) is 25.1 Å². The van der Waals surface area contributed by atoms with Gasteiger partial charge in [0.1, 0.15) is 11.6 Å². The number of hydrogen-bond donors (Lipinski definition) is 2. The van der Waals surface area contributed by atoms with Crippen LogP contribution in [0.5, 0.6) is 11.8 Å². The molecule has 0 saturated heterocycles. The molecule has 1 aromatic carbocycles. The summed E-state index contributed by atoms with van der Waals surface area (Å²) in [5, 5.41) is 19.8. The Kier molecular flexibility index (Phi) is 4.62. The van der Waals surface area contributed by atoms with Gasteiger partial charge < -0.3 is 10.1 Å². The smallest absolute Gasteiger partial charge is 0.424 e. The van der Waals surface area contributed by atoms with Crippen molar-refractivity contribution in [3.63, 3.8) is 0 Å². The molecule has 0 bridgehead atoms. The third kappa shape index (κ3) is 4.48. The first-order chi connectivity index (χ1) is 12.7. The Bertz CT molecular complexity index is 972. The second-order valence-corrected chi connectivity index (χ2v) is 5.33. The van der Waals surface area contributed by atoms with Crippen molar-refractivity contribution in [3.05, 3.63) is 57.9 Å². The third-order valence-electron chi connectivity index (χ3n) is 3.21. The maximum Gasteiger partial charge on any atom is 0.433 e. The Hall–Kier alpha value is -3.70. The minimum absolute atomic E-state index is 0.0430. The van der Waals surface area contributed by atoms with Gasteiger partial charge in [0, 0.05) is 30.0 Å². The van der Waals surface area contributed by atoms with E-state index in [0.29, 0.717) is 11.8 Å². The van der Waals surface area contributed by atoms with Gasteiger partial charge in [0.2, 0.25) is 0 Å². The van der Waals surface area contributed by atoms with Crippen LogP contribution < -0.4 is 10.1 Å². The largest absolute Gasteiger partial charge is 0.433 e. The van der Waals surface area contributed by atoms with Gasteiger partial charge in [0.25, 0.3) is 5.69 Å². The quantitative estimate of drug-likeness (QED) is 0.508. The number of alkyl halides is 3. The second-order valence-electron chi connectivity index (χ2n) is 5.33.